The van der Waals surface area contributed by atoms with E-state index in [0.717, 1.165) is 6.20 Å². The summed E-state index contributed by atoms with van der Waals surface area (Å²) in [5.41, 5.74) is -0.00545. The normalized spacial score (nSPS) is 17.1. The molecule has 1 N–H and O–H groups in total. The van der Waals surface area contributed by atoms with E-state index in [0.29, 0.717) is 5.52 Å². The second kappa shape index (κ2) is 2.53. The van der Waals surface area contributed by atoms with Crippen LogP contribution >= 0.6 is 10.2 Å². The van der Waals surface area contributed by atoms with Gasteiger partial charge in [-0.25, -0.2) is 0 Å². The number of fused-ring (bicyclic) bond motifs is 1. The standard InChI is InChI=1S/C9H8F5NS/c10-16(11,12,13,14)6-7-5-15-9-4-2-1-3-8(7)9/h1-5,15H,6H2. The molecule has 0 atom stereocenters. The molecule has 1 heterocycles. The summed E-state index contributed by atoms with van der Waals surface area (Å²) in [5, 5.41) is 0.177. The lowest BCUT2D eigenvalue weighted by Crippen LogP contribution is -2.08. The summed E-state index contributed by atoms with van der Waals surface area (Å²) in [6, 6.07) is 6.03. The fourth-order valence-corrected chi connectivity index (χ4v) is 2.37. The van der Waals surface area contributed by atoms with E-state index < -0.39 is 21.5 Å². The zero-order valence-corrected chi connectivity index (χ0v) is 8.71. The number of rotatable bonds is 2. The number of halogens is 5. The summed E-state index contributed by atoms with van der Waals surface area (Å²) < 4.78 is 61.5. The highest BCUT2D eigenvalue weighted by Gasteiger charge is 2.63. The number of aromatic nitrogens is 1. The van der Waals surface area contributed by atoms with Crippen LogP contribution in [0.1, 0.15) is 5.56 Å². The van der Waals surface area contributed by atoms with Gasteiger partial charge in [0, 0.05) is 17.1 Å². The Labute approximate surface area is 88.0 Å². The Bertz CT molecular complexity index is 541. The van der Waals surface area contributed by atoms with E-state index in [1.165, 1.54) is 18.2 Å². The van der Waals surface area contributed by atoms with E-state index >= 15 is 0 Å². The first kappa shape index (κ1) is 11.3. The number of nitrogens with one attached hydrogen (secondary N) is 1. The quantitative estimate of drug-likeness (QED) is 0.731. The first-order valence-corrected chi connectivity index (χ1v) is 6.44. The van der Waals surface area contributed by atoms with Gasteiger partial charge in [-0.05, 0) is 11.6 Å². The van der Waals surface area contributed by atoms with Gasteiger partial charge in [-0.15, -0.1) is 0 Å². The molecule has 0 saturated carbocycles. The molecule has 2 rings (SSSR count). The molecule has 0 aliphatic heterocycles. The third-order valence-electron chi connectivity index (χ3n) is 2.10. The minimum absolute atomic E-state index is 0.177. The summed E-state index contributed by atoms with van der Waals surface area (Å²) in [6.07, 6.45) is 0.975. The molecule has 90 valence electrons. The Morgan fingerprint density at radius 1 is 1.00 bits per heavy atom. The average Bonchev–Trinajstić information content (AvgIpc) is 2.44. The van der Waals surface area contributed by atoms with Gasteiger partial charge in [-0.2, -0.15) is 0 Å². The Morgan fingerprint density at radius 2 is 1.62 bits per heavy atom. The summed E-state index contributed by atoms with van der Waals surface area (Å²) in [4.78, 5) is 2.53. The first-order chi connectivity index (χ1) is 7.04. The summed E-state index contributed by atoms with van der Waals surface area (Å²) >= 11 is 0. The van der Waals surface area contributed by atoms with Crippen LogP contribution in [0.15, 0.2) is 30.5 Å². The van der Waals surface area contributed by atoms with Crippen LogP contribution in [0.25, 0.3) is 10.9 Å². The molecule has 0 radical (unpaired) electrons. The molecule has 0 saturated heterocycles. The van der Waals surface area contributed by atoms with Gasteiger partial charge in [0.25, 0.3) is 10.2 Å². The van der Waals surface area contributed by atoms with Crippen molar-refractivity contribution in [1.29, 1.82) is 0 Å². The Hall–Kier alpha value is -1.24. The van der Waals surface area contributed by atoms with Crippen molar-refractivity contribution in [2.45, 2.75) is 5.75 Å². The van der Waals surface area contributed by atoms with Gasteiger partial charge in [0.15, 0.2) is 0 Å². The van der Waals surface area contributed by atoms with Crippen LogP contribution in [-0.4, -0.2) is 4.98 Å². The zero-order valence-electron chi connectivity index (χ0n) is 7.89. The Kier molecular flexibility index (Phi) is 1.78. The highest BCUT2D eigenvalue weighted by atomic mass is 32.5. The van der Waals surface area contributed by atoms with Gasteiger partial charge in [-0.1, -0.05) is 37.6 Å². The monoisotopic (exact) mass is 257 g/mol. The largest absolute Gasteiger partial charge is 0.361 e. The third kappa shape index (κ3) is 2.66. The molecule has 1 nitrogen and oxygen atoms in total. The van der Waals surface area contributed by atoms with Crippen molar-refractivity contribution in [3.63, 3.8) is 0 Å². The van der Waals surface area contributed by atoms with Crippen molar-refractivity contribution in [1.82, 2.24) is 4.98 Å². The van der Waals surface area contributed by atoms with Gasteiger partial charge >= 0.3 is 0 Å². The van der Waals surface area contributed by atoms with E-state index in [2.05, 4.69) is 4.98 Å². The van der Waals surface area contributed by atoms with Crippen molar-refractivity contribution in [2.24, 2.45) is 0 Å². The maximum Gasteiger partial charge on any atom is 0.289 e. The summed E-state index contributed by atoms with van der Waals surface area (Å²) in [5.74, 6) is -2.16. The number of H-pyrrole nitrogens is 1. The number of hydrogen-bond acceptors (Lipinski definition) is 0. The van der Waals surface area contributed by atoms with Crippen LogP contribution in [0, 0.1) is 0 Å². The lowest BCUT2D eigenvalue weighted by molar-refractivity contribution is 0.362. The molecular weight excluding hydrogens is 249 g/mol. The van der Waals surface area contributed by atoms with Crippen LogP contribution in [0.3, 0.4) is 0 Å². The van der Waals surface area contributed by atoms with Gasteiger partial charge in [0.1, 0.15) is 5.75 Å². The molecule has 0 spiro atoms. The average molecular weight is 257 g/mol. The number of para-hydroxylation sites is 1. The molecular formula is C9H8F5NS. The fraction of sp³-hybridized carbons (Fsp3) is 0.111. The van der Waals surface area contributed by atoms with Crippen LogP contribution in [0.4, 0.5) is 19.4 Å². The predicted octanol–water partition coefficient (Wildman–Crippen LogP) is 4.97. The molecule has 1 aromatic carbocycles. The molecule has 0 fully saturated rings. The number of aromatic amines is 1. The minimum atomic E-state index is -9.40. The molecule has 0 aliphatic rings. The van der Waals surface area contributed by atoms with Gasteiger partial charge in [-0.3, -0.25) is 0 Å². The highest BCUT2D eigenvalue weighted by Crippen LogP contribution is 2.99. The van der Waals surface area contributed by atoms with E-state index in [9.17, 15) is 19.4 Å². The Balaban J connectivity index is 2.52. The van der Waals surface area contributed by atoms with Crippen LogP contribution in [0.2, 0.25) is 0 Å². The van der Waals surface area contributed by atoms with Crippen LogP contribution in [-0.2, 0) is 5.75 Å². The molecule has 7 heteroatoms. The molecule has 0 unspecified atom stereocenters. The third-order valence-corrected chi connectivity index (χ3v) is 2.96. The lowest BCUT2D eigenvalue weighted by atomic mass is 10.2. The van der Waals surface area contributed by atoms with Crippen molar-refractivity contribution in [2.75, 3.05) is 0 Å². The van der Waals surface area contributed by atoms with Crippen LogP contribution < -0.4 is 0 Å². The van der Waals surface area contributed by atoms with Crippen molar-refractivity contribution in [3.8, 4) is 0 Å². The van der Waals surface area contributed by atoms with Gasteiger partial charge in [0.05, 0.1) is 0 Å². The number of hydrogen-bond donors (Lipinski definition) is 1. The maximum absolute atomic E-state index is 12.3. The molecule has 0 amide bonds. The van der Waals surface area contributed by atoms with E-state index in [1.807, 2.05) is 0 Å². The summed E-state index contributed by atoms with van der Waals surface area (Å²) in [6.45, 7) is 0. The van der Waals surface area contributed by atoms with Crippen molar-refractivity contribution >= 4 is 21.1 Å². The lowest BCUT2D eigenvalue weighted by Gasteiger charge is -2.40. The smallest absolute Gasteiger partial charge is 0.289 e. The zero-order chi connectivity index (χ0) is 12.1. The maximum atomic E-state index is 12.3. The van der Waals surface area contributed by atoms with E-state index in [-0.39, 0.29) is 5.39 Å². The first-order valence-electron chi connectivity index (χ1n) is 4.32. The second-order valence-electron chi connectivity index (χ2n) is 3.63. The van der Waals surface area contributed by atoms with E-state index in [1.54, 1.807) is 6.07 Å². The van der Waals surface area contributed by atoms with Crippen molar-refractivity contribution < 1.29 is 19.4 Å². The molecule has 0 bridgehead atoms. The minimum Gasteiger partial charge on any atom is -0.361 e. The summed E-state index contributed by atoms with van der Waals surface area (Å²) in [7, 11) is -9.40. The predicted molar refractivity (Wildman–Crippen MR) is 55.1 cm³/mol. The SMILES string of the molecule is FS(F)(F)(F)(F)Cc1c[nH]c2ccccc12. The van der Waals surface area contributed by atoms with Crippen molar-refractivity contribution in [3.05, 3.63) is 36.0 Å². The van der Waals surface area contributed by atoms with Gasteiger partial charge in [0.2, 0.25) is 0 Å². The Morgan fingerprint density at radius 3 is 2.25 bits per heavy atom. The molecule has 0 aliphatic carbocycles. The van der Waals surface area contributed by atoms with E-state index in [4.69, 9.17) is 0 Å². The fourth-order valence-electron chi connectivity index (χ4n) is 1.54. The molecule has 16 heavy (non-hydrogen) atoms. The highest BCUT2D eigenvalue weighted by molar-refractivity contribution is 8.45. The van der Waals surface area contributed by atoms with Crippen LogP contribution in [0.5, 0.6) is 0 Å². The van der Waals surface area contributed by atoms with Gasteiger partial charge < -0.3 is 4.98 Å². The number of benzene rings is 1. The molecule has 2 aromatic rings. The second-order valence-corrected chi connectivity index (χ2v) is 6.18. The topological polar surface area (TPSA) is 15.8 Å². The molecule has 1 aromatic heterocycles.